The fourth-order valence-electron chi connectivity index (χ4n) is 1.97. The quantitative estimate of drug-likeness (QED) is 0.651. The van der Waals surface area contributed by atoms with E-state index in [-0.39, 0.29) is 30.0 Å². The largest absolute Gasteiger partial charge is 0.477 e. The van der Waals surface area contributed by atoms with Gasteiger partial charge in [0.15, 0.2) is 5.69 Å². The molecule has 0 aliphatic heterocycles. The number of aryl methyl sites for hydroxylation is 2. The third-order valence-electron chi connectivity index (χ3n) is 3.08. The molecule has 0 fully saturated rings. The van der Waals surface area contributed by atoms with Gasteiger partial charge in [-0.15, -0.1) is 0 Å². The van der Waals surface area contributed by atoms with Gasteiger partial charge in [-0.25, -0.2) is 4.79 Å². The second-order valence-corrected chi connectivity index (χ2v) is 4.65. The molecule has 0 radical (unpaired) electrons. The lowest BCUT2D eigenvalue weighted by Crippen LogP contribution is -2.20. The van der Waals surface area contributed by atoms with E-state index in [9.17, 15) is 14.4 Å². The van der Waals surface area contributed by atoms with Gasteiger partial charge in [-0.2, -0.15) is 10.2 Å². The van der Waals surface area contributed by atoms with Crippen LogP contribution in [0.5, 0.6) is 0 Å². The number of aromatic carboxylic acids is 1. The molecule has 0 aliphatic carbocycles. The molecular formula is C13H16N6O4. The molecule has 4 N–H and O–H groups in total. The molecule has 0 spiro atoms. The number of primary amides is 1. The number of rotatable bonds is 7. The fourth-order valence-corrected chi connectivity index (χ4v) is 1.97. The summed E-state index contributed by atoms with van der Waals surface area (Å²) in [6.07, 6.45) is 2.84. The molecule has 2 heterocycles. The van der Waals surface area contributed by atoms with Gasteiger partial charge in [0.25, 0.3) is 5.91 Å². The topological polar surface area (TPSA) is 145 Å². The number of carboxylic acid groups (broad SMARTS) is 1. The minimum Gasteiger partial charge on any atom is -0.477 e. The van der Waals surface area contributed by atoms with Gasteiger partial charge >= 0.3 is 5.97 Å². The van der Waals surface area contributed by atoms with Crippen LogP contribution < -0.4 is 11.1 Å². The lowest BCUT2D eigenvalue weighted by atomic mass is 10.3. The number of nitrogens with one attached hydrogen (secondary N) is 1. The minimum absolute atomic E-state index is 0.00516. The van der Waals surface area contributed by atoms with Crippen molar-refractivity contribution in [1.29, 1.82) is 0 Å². The molecule has 0 saturated carbocycles. The van der Waals surface area contributed by atoms with Crippen LogP contribution in [0.25, 0.3) is 0 Å². The maximum Gasteiger partial charge on any atom is 0.354 e. The zero-order valence-electron chi connectivity index (χ0n) is 12.4. The predicted molar refractivity (Wildman–Crippen MR) is 78.9 cm³/mol. The van der Waals surface area contributed by atoms with Crippen LogP contribution in [-0.4, -0.2) is 42.5 Å². The van der Waals surface area contributed by atoms with Crippen LogP contribution in [0.2, 0.25) is 0 Å². The van der Waals surface area contributed by atoms with Gasteiger partial charge in [-0.1, -0.05) is 0 Å². The Labute approximate surface area is 130 Å². The molecule has 0 unspecified atom stereocenters. The first-order valence-electron chi connectivity index (χ1n) is 6.84. The summed E-state index contributed by atoms with van der Waals surface area (Å²) < 4.78 is 2.69. The van der Waals surface area contributed by atoms with Gasteiger partial charge < -0.3 is 16.2 Å². The van der Waals surface area contributed by atoms with E-state index in [1.54, 1.807) is 0 Å². The van der Waals surface area contributed by atoms with E-state index in [4.69, 9.17) is 10.8 Å². The molecule has 0 bridgehead atoms. The van der Waals surface area contributed by atoms with Crippen LogP contribution in [0, 0.1) is 0 Å². The molecule has 2 aromatic rings. The Balaban J connectivity index is 2.02. The Hall–Kier alpha value is -3.17. The number of carbonyl (C=O) groups is 3. The van der Waals surface area contributed by atoms with E-state index in [0.29, 0.717) is 6.54 Å². The van der Waals surface area contributed by atoms with Crippen molar-refractivity contribution in [2.75, 3.05) is 5.32 Å². The van der Waals surface area contributed by atoms with Crippen LogP contribution in [-0.2, 0) is 17.9 Å². The summed E-state index contributed by atoms with van der Waals surface area (Å²) in [5.41, 5.74) is 5.41. The molecule has 10 nitrogen and oxygen atoms in total. The van der Waals surface area contributed by atoms with Crippen molar-refractivity contribution < 1.29 is 19.5 Å². The van der Waals surface area contributed by atoms with Crippen molar-refractivity contribution in [3.05, 3.63) is 29.8 Å². The molecule has 0 saturated heterocycles. The third-order valence-corrected chi connectivity index (χ3v) is 3.08. The van der Waals surface area contributed by atoms with Gasteiger partial charge in [0.1, 0.15) is 5.69 Å². The zero-order chi connectivity index (χ0) is 17.0. The lowest BCUT2D eigenvalue weighted by molar-refractivity contribution is -0.116. The van der Waals surface area contributed by atoms with Crippen LogP contribution >= 0.6 is 0 Å². The van der Waals surface area contributed by atoms with Gasteiger partial charge in [-0.3, -0.25) is 19.0 Å². The molecule has 2 aromatic heterocycles. The number of nitrogens with two attached hydrogens (primary N) is 1. The Morgan fingerprint density at radius 1 is 1.39 bits per heavy atom. The summed E-state index contributed by atoms with van der Waals surface area (Å²) in [5.74, 6) is -2.27. The van der Waals surface area contributed by atoms with E-state index < -0.39 is 17.8 Å². The maximum atomic E-state index is 12.0. The van der Waals surface area contributed by atoms with Crippen molar-refractivity contribution >= 4 is 23.5 Å². The fraction of sp³-hybridized carbons (Fsp3) is 0.308. The summed E-state index contributed by atoms with van der Waals surface area (Å²) >= 11 is 0. The number of anilines is 1. The third kappa shape index (κ3) is 3.73. The van der Waals surface area contributed by atoms with Gasteiger partial charge in [-0.05, 0) is 13.0 Å². The smallest absolute Gasteiger partial charge is 0.354 e. The monoisotopic (exact) mass is 320 g/mol. The first kappa shape index (κ1) is 16.2. The number of carbonyl (C=O) groups excluding carboxylic acids is 2. The van der Waals surface area contributed by atoms with E-state index >= 15 is 0 Å². The molecule has 0 aliphatic rings. The highest BCUT2D eigenvalue weighted by molar-refractivity contribution is 6.01. The van der Waals surface area contributed by atoms with Crippen LogP contribution in [0.15, 0.2) is 18.5 Å². The second kappa shape index (κ2) is 6.73. The first-order chi connectivity index (χ1) is 10.9. The highest BCUT2D eigenvalue weighted by Gasteiger charge is 2.17. The molecule has 10 heteroatoms. The molecule has 2 rings (SSSR count). The van der Waals surface area contributed by atoms with Crippen LogP contribution in [0.4, 0.5) is 5.69 Å². The molecule has 2 amide bonds. The Morgan fingerprint density at radius 3 is 2.74 bits per heavy atom. The van der Waals surface area contributed by atoms with Gasteiger partial charge in [0, 0.05) is 25.4 Å². The number of carboxylic acids is 1. The highest BCUT2D eigenvalue weighted by atomic mass is 16.4. The Bertz CT molecular complexity index is 747. The maximum absolute atomic E-state index is 12.0. The Morgan fingerprint density at radius 2 is 2.13 bits per heavy atom. The number of hydrogen-bond acceptors (Lipinski definition) is 5. The lowest BCUT2D eigenvalue weighted by Gasteiger charge is -2.05. The molecule has 122 valence electrons. The van der Waals surface area contributed by atoms with Crippen molar-refractivity contribution in [2.24, 2.45) is 5.73 Å². The minimum atomic E-state index is -1.12. The van der Waals surface area contributed by atoms with E-state index in [2.05, 4.69) is 15.5 Å². The molecular weight excluding hydrogens is 304 g/mol. The number of aromatic nitrogens is 4. The normalized spacial score (nSPS) is 10.5. The van der Waals surface area contributed by atoms with Gasteiger partial charge in [0.05, 0.1) is 12.2 Å². The molecule has 23 heavy (non-hydrogen) atoms. The molecule has 0 atom stereocenters. The van der Waals surface area contributed by atoms with E-state index in [1.807, 2.05) is 6.92 Å². The Kier molecular flexibility index (Phi) is 4.74. The summed E-state index contributed by atoms with van der Waals surface area (Å²) in [6, 6.07) is 1.34. The van der Waals surface area contributed by atoms with E-state index in [1.165, 1.54) is 27.8 Å². The summed E-state index contributed by atoms with van der Waals surface area (Å²) in [7, 11) is 0. The average Bonchev–Trinajstić information content (AvgIpc) is 3.11. The highest BCUT2D eigenvalue weighted by Crippen LogP contribution is 2.14. The summed E-state index contributed by atoms with van der Waals surface area (Å²) in [5, 5.41) is 19.3. The van der Waals surface area contributed by atoms with Crippen molar-refractivity contribution in [3.8, 4) is 0 Å². The SMILES string of the molecule is CCn1cc(NC(=O)CCn2nccc2C(=O)O)c(C(N)=O)n1. The number of amides is 2. The van der Waals surface area contributed by atoms with Crippen molar-refractivity contribution in [3.63, 3.8) is 0 Å². The zero-order valence-corrected chi connectivity index (χ0v) is 12.4. The van der Waals surface area contributed by atoms with Crippen molar-refractivity contribution in [2.45, 2.75) is 26.4 Å². The summed E-state index contributed by atoms with van der Waals surface area (Å²) in [6.45, 7) is 2.44. The second-order valence-electron chi connectivity index (χ2n) is 4.65. The van der Waals surface area contributed by atoms with Crippen LogP contribution in [0.1, 0.15) is 34.3 Å². The average molecular weight is 320 g/mol. The van der Waals surface area contributed by atoms with Crippen molar-refractivity contribution in [1.82, 2.24) is 19.6 Å². The standard InChI is InChI=1S/C13H16N6O4/c1-2-18-7-8(11(17-18)12(14)21)16-10(20)4-6-19-9(13(22)23)3-5-15-19/h3,5,7H,2,4,6H2,1H3,(H2,14,21)(H,16,20)(H,22,23). The molecule has 0 aromatic carbocycles. The van der Waals surface area contributed by atoms with E-state index in [0.717, 1.165) is 0 Å². The van der Waals surface area contributed by atoms with Crippen LogP contribution in [0.3, 0.4) is 0 Å². The number of hydrogen-bond donors (Lipinski definition) is 3. The van der Waals surface area contributed by atoms with Gasteiger partial charge in [0.2, 0.25) is 5.91 Å². The number of nitrogens with zero attached hydrogens (tertiary/aromatic N) is 4. The predicted octanol–water partition coefficient (Wildman–Crippen LogP) is -0.0746. The summed E-state index contributed by atoms with van der Waals surface area (Å²) in [4.78, 5) is 34.2. The first-order valence-corrected chi connectivity index (χ1v) is 6.84.